The second kappa shape index (κ2) is 7.00. The minimum atomic E-state index is -3.69. The largest absolute Gasteiger partial charge is 0.248 e. The molecule has 9 heteroatoms. The molecule has 0 atom stereocenters. The number of fused-ring (bicyclic) bond motifs is 1. The number of hydrogen-bond donors (Lipinski definition) is 0. The molecule has 0 aliphatic heterocycles. The van der Waals surface area contributed by atoms with E-state index in [1.165, 1.54) is 17.4 Å². The lowest BCUT2D eigenvalue weighted by molar-refractivity contribution is 0.587. The summed E-state index contributed by atoms with van der Waals surface area (Å²) < 4.78 is 26.4. The maximum absolute atomic E-state index is 12.9. The molecule has 0 aliphatic rings. The molecule has 4 nitrogen and oxygen atoms in total. The highest BCUT2D eigenvalue weighted by Gasteiger charge is 2.26. The molecule has 132 valence electrons. The lowest BCUT2D eigenvalue weighted by atomic mass is 10.1. The predicted molar refractivity (Wildman–Crippen MR) is 104 cm³/mol. The van der Waals surface area contributed by atoms with Crippen LogP contribution in [0.1, 0.15) is 30.3 Å². The zero-order valence-electron chi connectivity index (χ0n) is 13.3. The van der Waals surface area contributed by atoms with Crippen LogP contribution >= 0.6 is 46.1 Å². The number of thiophene rings is 1. The van der Waals surface area contributed by atoms with E-state index in [2.05, 4.69) is 9.97 Å². The fraction of sp³-hybridized carbons (Fsp3) is 0.250. The summed E-state index contributed by atoms with van der Waals surface area (Å²) in [6.45, 7) is 3.74. The van der Waals surface area contributed by atoms with Gasteiger partial charge in [0.05, 0.1) is 36.9 Å². The van der Waals surface area contributed by atoms with Crippen LogP contribution in [0.25, 0.3) is 11.0 Å². The molecule has 0 radical (unpaired) electrons. The molecule has 0 bridgehead atoms. The number of hydrogen-bond acceptors (Lipinski definition) is 5. The molecule has 0 saturated heterocycles. The Kier molecular flexibility index (Phi) is 5.28. The first kappa shape index (κ1) is 18.9. The Bertz CT molecular complexity index is 1060. The van der Waals surface area contributed by atoms with E-state index in [-0.39, 0.29) is 16.7 Å². The molecule has 2 aromatic heterocycles. The highest BCUT2D eigenvalue weighted by atomic mass is 35.5. The van der Waals surface area contributed by atoms with Crippen LogP contribution in [-0.2, 0) is 15.6 Å². The fourth-order valence-corrected chi connectivity index (χ4v) is 5.68. The second-order valence-electron chi connectivity index (χ2n) is 5.79. The van der Waals surface area contributed by atoms with Crippen molar-refractivity contribution in [3.8, 4) is 0 Å². The molecule has 1 aromatic carbocycles. The lowest BCUT2D eigenvalue weighted by Gasteiger charge is -2.13. The van der Waals surface area contributed by atoms with Crippen molar-refractivity contribution in [1.82, 2.24) is 9.97 Å². The summed E-state index contributed by atoms with van der Waals surface area (Å²) >= 11 is 19.2. The molecule has 0 unspecified atom stereocenters. The van der Waals surface area contributed by atoms with Crippen LogP contribution < -0.4 is 0 Å². The van der Waals surface area contributed by atoms with Gasteiger partial charge in [0.1, 0.15) is 0 Å². The average Bonchev–Trinajstić information content (AvgIpc) is 2.91. The van der Waals surface area contributed by atoms with E-state index < -0.39 is 9.84 Å². The first-order chi connectivity index (χ1) is 11.7. The molecule has 0 spiro atoms. The van der Waals surface area contributed by atoms with Gasteiger partial charge >= 0.3 is 0 Å². The van der Waals surface area contributed by atoms with E-state index in [1.807, 2.05) is 13.8 Å². The van der Waals surface area contributed by atoms with Gasteiger partial charge in [-0.3, -0.25) is 0 Å². The first-order valence-corrected chi connectivity index (χ1v) is 10.9. The molecule has 2 heterocycles. The summed E-state index contributed by atoms with van der Waals surface area (Å²) in [5.41, 5.74) is 1.31. The van der Waals surface area contributed by atoms with E-state index in [9.17, 15) is 8.42 Å². The zero-order chi connectivity index (χ0) is 18.4. The van der Waals surface area contributed by atoms with Crippen molar-refractivity contribution >= 4 is 67.0 Å². The van der Waals surface area contributed by atoms with E-state index >= 15 is 0 Å². The molecule has 25 heavy (non-hydrogen) atoms. The number of aromatic nitrogens is 2. The Morgan fingerprint density at radius 1 is 1.04 bits per heavy atom. The second-order valence-corrected chi connectivity index (χ2v) is 10.3. The molecule has 0 saturated carbocycles. The Hall–Kier alpha value is -0.920. The van der Waals surface area contributed by atoms with Crippen molar-refractivity contribution in [2.45, 2.75) is 30.5 Å². The zero-order valence-corrected chi connectivity index (χ0v) is 17.2. The van der Waals surface area contributed by atoms with Gasteiger partial charge < -0.3 is 0 Å². The van der Waals surface area contributed by atoms with Crippen molar-refractivity contribution in [1.29, 1.82) is 0 Å². The maximum Gasteiger partial charge on any atom is 0.202 e. The van der Waals surface area contributed by atoms with Crippen LogP contribution in [0.5, 0.6) is 0 Å². The van der Waals surface area contributed by atoms with Gasteiger partial charge in [0.2, 0.25) is 9.84 Å². The molecule has 3 aromatic rings. The summed E-state index contributed by atoms with van der Waals surface area (Å²) in [5.74, 6) is -0.297. The van der Waals surface area contributed by atoms with Crippen molar-refractivity contribution in [3.63, 3.8) is 0 Å². The topological polar surface area (TPSA) is 59.9 Å². The number of halogens is 3. The summed E-state index contributed by atoms with van der Waals surface area (Å²) in [6, 6.07) is 6.49. The van der Waals surface area contributed by atoms with Crippen LogP contribution in [-0.4, -0.2) is 18.4 Å². The van der Waals surface area contributed by atoms with Crippen LogP contribution in [0, 0.1) is 0 Å². The number of sulfone groups is 1. The SMILES string of the molecule is CC(C)c1nc2cc(Cl)c(Cl)cc2nc1S(=O)(=O)Cc1ccc(Cl)s1. The average molecular weight is 436 g/mol. The van der Waals surface area contributed by atoms with E-state index in [4.69, 9.17) is 34.8 Å². The van der Waals surface area contributed by atoms with Gasteiger partial charge in [-0.05, 0) is 30.2 Å². The minimum absolute atomic E-state index is 0.0297. The third kappa shape index (κ3) is 3.93. The van der Waals surface area contributed by atoms with Crippen LogP contribution in [0.15, 0.2) is 29.3 Å². The fourth-order valence-electron chi connectivity index (χ4n) is 2.34. The minimum Gasteiger partial charge on any atom is -0.248 e. The quantitative estimate of drug-likeness (QED) is 0.523. The number of nitrogens with zero attached hydrogens (tertiary/aromatic N) is 2. The molecule has 0 fully saturated rings. The third-order valence-corrected chi connectivity index (χ3v) is 7.22. The van der Waals surface area contributed by atoms with Crippen LogP contribution in [0.2, 0.25) is 14.4 Å². The van der Waals surface area contributed by atoms with Gasteiger partial charge in [-0.15, -0.1) is 11.3 Å². The lowest BCUT2D eigenvalue weighted by Crippen LogP contribution is -2.13. The van der Waals surface area contributed by atoms with E-state index in [0.717, 1.165) is 0 Å². The molecule has 0 N–H and O–H groups in total. The molecule has 3 rings (SSSR count). The Morgan fingerprint density at radius 3 is 2.16 bits per heavy atom. The summed E-state index contributed by atoms with van der Waals surface area (Å²) in [7, 11) is -3.69. The third-order valence-electron chi connectivity index (χ3n) is 3.50. The normalized spacial score (nSPS) is 12.2. The molecule has 0 amide bonds. The van der Waals surface area contributed by atoms with Gasteiger partial charge in [-0.1, -0.05) is 48.7 Å². The molecule has 0 aliphatic carbocycles. The number of benzene rings is 1. The van der Waals surface area contributed by atoms with Gasteiger partial charge in [-0.25, -0.2) is 18.4 Å². The summed E-state index contributed by atoms with van der Waals surface area (Å²) in [5, 5.41) is 0.620. The van der Waals surface area contributed by atoms with Crippen molar-refractivity contribution in [2.24, 2.45) is 0 Å². The van der Waals surface area contributed by atoms with Gasteiger partial charge in [-0.2, -0.15) is 0 Å². The van der Waals surface area contributed by atoms with Crippen molar-refractivity contribution in [2.75, 3.05) is 0 Å². The summed E-state index contributed by atoms with van der Waals surface area (Å²) in [6.07, 6.45) is 0. The highest BCUT2D eigenvalue weighted by molar-refractivity contribution is 7.90. The van der Waals surface area contributed by atoms with Gasteiger partial charge in [0.15, 0.2) is 5.03 Å². The monoisotopic (exact) mass is 434 g/mol. The predicted octanol–water partition coefficient (Wildman–Crippen LogP) is 5.75. The Balaban J connectivity index is 2.18. The molecular weight excluding hydrogens is 423 g/mol. The smallest absolute Gasteiger partial charge is 0.202 e. The first-order valence-electron chi connectivity index (χ1n) is 7.31. The van der Waals surface area contributed by atoms with E-state index in [1.54, 1.807) is 18.2 Å². The van der Waals surface area contributed by atoms with Crippen LogP contribution in [0.4, 0.5) is 0 Å². The van der Waals surface area contributed by atoms with Gasteiger partial charge in [0, 0.05) is 4.88 Å². The summed E-state index contributed by atoms with van der Waals surface area (Å²) in [4.78, 5) is 9.48. The highest BCUT2D eigenvalue weighted by Crippen LogP contribution is 2.31. The standard InChI is InChI=1S/C16H13Cl3N2O2S2/c1-8(2)15-16(25(22,23)7-9-3-4-14(19)24-9)21-13-6-11(18)10(17)5-12(13)20-15/h3-6,8H,7H2,1-2H3. The van der Waals surface area contributed by atoms with Crippen molar-refractivity contribution in [3.05, 3.63) is 49.2 Å². The number of rotatable bonds is 4. The molecular formula is C16H13Cl3N2O2S2. The van der Waals surface area contributed by atoms with Crippen molar-refractivity contribution < 1.29 is 8.42 Å². The van der Waals surface area contributed by atoms with Gasteiger partial charge in [0.25, 0.3) is 0 Å². The maximum atomic E-state index is 12.9. The van der Waals surface area contributed by atoms with Crippen LogP contribution in [0.3, 0.4) is 0 Å². The van der Waals surface area contributed by atoms with E-state index in [0.29, 0.717) is 36.0 Å². The Labute approximate surface area is 164 Å². The Morgan fingerprint density at radius 2 is 1.64 bits per heavy atom.